The molecule has 0 radical (unpaired) electrons. The minimum atomic E-state index is -1.12. The van der Waals surface area contributed by atoms with Gasteiger partial charge < -0.3 is 5.11 Å². The van der Waals surface area contributed by atoms with Crippen molar-refractivity contribution in [1.29, 1.82) is 0 Å². The Labute approximate surface area is 110 Å². The molecule has 2 bridgehead atoms. The molecular weight excluding hydrogens is 246 g/mol. The van der Waals surface area contributed by atoms with E-state index in [2.05, 4.69) is 12.2 Å². The number of rotatable bonds is 2. The lowest BCUT2D eigenvalue weighted by Gasteiger charge is -2.37. The third kappa shape index (κ3) is 1.18. The number of allylic oxidation sites excluding steroid dienone is 2. The molecule has 2 saturated carbocycles. The molecule has 0 spiro atoms. The molecule has 1 N–H and O–H groups in total. The van der Waals surface area contributed by atoms with Crippen molar-refractivity contribution in [3.05, 3.63) is 12.2 Å². The van der Waals surface area contributed by atoms with Crippen LogP contribution in [0.25, 0.3) is 0 Å². The molecule has 5 heteroatoms. The lowest BCUT2D eigenvalue weighted by atomic mass is 9.63. The first-order valence-electron chi connectivity index (χ1n) is 6.80. The summed E-state index contributed by atoms with van der Waals surface area (Å²) in [5, 5.41) is 9.06. The highest BCUT2D eigenvalue weighted by atomic mass is 16.4. The van der Waals surface area contributed by atoms with Gasteiger partial charge in [0.25, 0.3) is 0 Å². The van der Waals surface area contributed by atoms with Crippen LogP contribution < -0.4 is 0 Å². The number of nitrogens with zero attached hydrogens (tertiary/aromatic N) is 1. The van der Waals surface area contributed by atoms with Crippen LogP contribution in [0.5, 0.6) is 0 Å². The molecule has 2 amide bonds. The maximum absolute atomic E-state index is 12.5. The molecular formula is C14H15NO4. The van der Waals surface area contributed by atoms with Crippen molar-refractivity contribution in [2.24, 2.45) is 35.5 Å². The molecule has 4 aliphatic carbocycles. The van der Waals surface area contributed by atoms with Gasteiger partial charge in [0, 0.05) is 0 Å². The molecule has 5 rings (SSSR count). The molecule has 1 heterocycles. The normalized spacial score (nSPS) is 47.1. The summed E-state index contributed by atoms with van der Waals surface area (Å²) in [5.74, 6) is -0.845. The molecule has 5 nitrogen and oxygen atoms in total. The van der Waals surface area contributed by atoms with Crippen LogP contribution in [0.4, 0.5) is 0 Å². The largest absolute Gasteiger partial charge is 0.480 e. The van der Waals surface area contributed by atoms with Crippen molar-refractivity contribution in [2.75, 3.05) is 0 Å². The fraction of sp³-hybridized carbons (Fsp3) is 0.643. The van der Waals surface area contributed by atoms with Gasteiger partial charge in [-0.3, -0.25) is 14.5 Å². The molecule has 0 aromatic rings. The zero-order valence-electron chi connectivity index (χ0n) is 10.5. The quantitative estimate of drug-likeness (QED) is 0.580. The average Bonchev–Trinajstić information content (AvgIpc) is 3.14. The van der Waals surface area contributed by atoms with Crippen LogP contribution in [0.3, 0.4) is 0 Å². The summed E-state index contributed by atoms with van der Waals surface area (Å²) in [7, 11) is 0. The lowest BCUT2D eigenvalue weighted by Crippen LogP contribution is -2.43. The third-order valence-corrected chi connectivity index (χ3v) is 5.44. The van der Waals surface area contributed by atoms with Crippen molar-refractivity contribution in [1.82, 2.24) is 4.90 Å². The van der Waals surface area contributed by atoms with E-state index in [9.17, 15) is 14.4 Å². The van der Waals surface area contributed by atoms with Crippen molar-refractivity contribution in [3.8, 4) is 0 Å². The summed E-state index contributed by atoms with van der Waals surface area (Å²) in [6.07, 6.45) is 5.28. The second-order valence-corrected chi connectivity index (χ2v) is 6.22. The average molecular weight is 261 g/mol. The second-order valence-electron chi connectivity index (χ2n) is 6.22. The van der Waals surface area contributed by atoms with Gasteiger partial charge in [0.15, 0.2) is 0 Å². The molecule has 3 fully saturated rings. The molecule has 1 aliphatic heterocycles. The number of amides is 2. The molecule has 100 valence electrons. The Kier molecular flexibility index (Phi) is 1.92. The van der Waals surface area contributed by atoms with Crippen molar-refractivity contribution >= 4 is 17.8 Å². The summed E-state index contributed by atoms with van der Waals surface area (Å²) in [5.41, 5.74) is 0. The van der Waals surface area contributed by atoms with Gasteiger partial charge >= 0.3 is 5.97 Å². The molecule has 19 heavy (non-hydrogen) atoms. The predicted molar refractivity (Wildman–Crippen MR) is 63.6 cm³/mol. The van der Waals surface area contributed by atoms with Crippen LogP contribution in [-0.4, -0.2) is 33.8 Å². The van der Waals surface area contributed by atoms with Gasteiger partial charge in [-0.1, -0.05) is 12.2 Å². The Morgan fingerprint density at radius 1 is 1.21 bits per heavy atom. The topological polar surface area (TPSA) is 74.7 Å². The van der Waals surface area contributed by atoms with Gasteiger partial charge in [-0.15, -0.1) is 0 Å². The van der Waals surface area contributed by atoms with Gasteiger partial charge in [0.2, 0.25) is 11.8 Å². The highest BCUT2D eigenvalue weighted by Gasteiger charge is 2.67. The third-order valence-electron chi connectivity index (χ3n) is 5.44. The van der Waals surface area contributed by atoms with Gasteiger partial charge in [-0.2, -0.15) is 0 Å². The fourth-order valence-electron chi connectivity index (χ4n) is 4.47. The van der Waals surface area contributed by atoms with E-state index >= 15 is 0 Å². The van der Waals surface area contributed by atoms with E-state index in [1.165, 1.54) is 6.92 Å². The Hall–Kier alpha value is -1.65. The Morgan fingerprint density at radius 3 is 2.11 bits per heavy atom. The number of hydrogen-bond acceptors (Lipinski definition) is 3. The SMILES string of the molecule is C[C@H](C(=O)O)N1C(=O)[C@H]2[C@@H]3C=C[C@H]([C@H]4C[C@H]34)[C@@H]2C1=O. The van der Waals surface area contributed by atoms with E-state index in [1.807, 2.05) is 0 Å². The predicted octanol–water partition coefficient (Wildman–Crippen LogP) is 0.513. The summed E-state index contributed by atoms with van der Waals surface area (Å²) in [6.45, 7) is 1.41. The lowest BCUT2D eigenvalue weighted by molar-refractivity contribution is -0.154. The smallest absolute Gasteiger partial charge is 0.326 e. The first kappa shape index (κ1) is 11.2. The Balaban J connectivity index is 1.74. The second kappa shape index (κ2) is 3.26. The summed E-state index contributed by atoms with van der Waals surface area (Å²) < 4.78 is 0. The number of imide groups is 1. The number of carbonyl (C=O) groups is 3. The van der Waals surface area contributed by atoms with Gasteiger partial charge in [-0.05, 0) is 37.0 Å². The molecule has 0 unspecified atom stereocenters. The van der Waals surface area contributed by atoms with E-state index in [0.29, 0.717) is 11.8 Å². The fourth-order valence-corrected chi connectivity index (χ4v) is 4.47. The van der Waals surface area contributed by atoms with E-state index < -0.39 is 12.0 Å². The number of likely N-dealkylation sites (tertiary alicyclic amines) is 1. The maximum Gasteiger partial charge on any atom is 0.326 e. The van der Waals surface area contributed by atoms with E-state index in [1.54, 1.807) is 0 Å². The number of carbonyl (C=O) groups excluding carboxylic acids is 2. The van der Waals surface area contributed by atoms with E-state index in [4.69, 9.17) is 5.11 Å². The number of carboxylic acids is 1. The number of hydrogen-bond donors (Lipinski definition) is 1. The monoisotopic (exact) mass is 261 g/mol. The van der Waals surface area contributed by atoms with Crippen molar-refractivity contribution in [2.45, 2.75) is 19.4 Å². The summed E-state index contributed by atoms with van der Waals surface area (Å²) in [6, 6.07) is -1.05. The highest BCUT2D eigenvalue weighted by Crippen LogP contribution is 2.65. The standard InChI is InChI=1S/C14H15NO4/c1-5(14(18)19)15-12(16)10-6-2-3-7(9-4-8(6)9)11(10)13(15)17/h2-3,5-11H,4H2,1H3,(H,18,19)/t5-,6-,7-,8-,9-,10+,11+/m1/s1. The van der Waals surface area contributed by atoms with Crippen LogP contribution in [0.2, 0.25) is 0 Å². The van der Waals surface area contributed by atoms with Gasteiger partial charge in [0.05, 0.1) is 11.8 Å². The van der Waals surface area contributed by atoms with Gasteiger partial charge in [0.1, 0.15) is 6.04 Å². The molecule has 0 aromatic heterocycles. The van der Waals surface area contributed by atoms with Crippen LogP contribution >= 0.6 is 0 Å². The van der Waals surface area contributed by atoms with Gasteiger partial charge in [-0.25, -0.2) is 4.79 Å². The highest BCUT2D eigenvalue weighted by molar-refractivity contribution is 6.08. The summed E-state index contributed by atoms with van der Waals surface area (Å²) in [4.78, 5) is 37.0. The Bertz CT molecular complexity index is 504. The minimum absolute atomic E-state index is 0.155. The molecule has 5 aliphatic rings. The first-order chi connectivity index (χ1) is 9.02. The van der Waals surface area contributed by atoms with E-state index in [0.717, 1.165) is 11.3 Å². The minimum Gasteiger partial charge on any atom is -0.480 e. The Morgan fingerprint density at radius 2 is 1.68 bits per heavy atom. The van der Waals surface area contributed by atoms with Crippen molar-refractivity contribution < 1.29 is 19.5 Å². The molecule has 0 aromatic carbocycles. The zero-order valence-corrected chi connectivity index (χ0v) is 10.5. The number of carboxylic acid groups (broad SMARTS) is 1. The van der Waals surface area contributed by atoms with Crippen LogP contribution in [0.1, 0.15) is 13.3 Å². The molecule has 7 atom stereocenters. The number of aliphatic carboxylic acids is 1. The zero-order chi connectivity index (χ0) is 13.5. The van der Waals surface area contributed by atoms with E-state index in [-0.39, 0.29) is 35.5 Å². The maximum atomic E-state index is 12.5. The van der Waals surface area contributed by atoms with Crippen LogP contribution in [0.15, 0.2) is 12.2 Å². The molecule has 1 saturated heterocycles. The van der Waals surface area contributed by atoms with Crippen molar-refractivity contribution in [3.63, 3.8) is 0 Å². The first-order valence-corrected chi connectivity index (χ1v) is 6.80. The van der Waals surface area contributed by atoms with Crippen LogP contribution in [0, 0.1) is 35.5 Å². The summed E-state index contributed by atoms with van der Waals surface area (Å²) >= 11 is 0. The van der Waals surface area contributed by atoms with Crippen LogP contribution in [-0.2, 0) is 14.4 Å².